The van der Waals surface area contributed by atoms with E-state index in [2.05, 4.69) is 0 Å². The summed E-state index contributed by atoms with van der Waals surface area (Å²) < 4.78 is 37.1. The molecular formula is C19H20FNO5S. The molecule has 144 valence electrons. The molecule has 0 atom stereocenters. The second-order valence-electron chi connectivity index (χ2n) is 6.13. The van der Waals surface area contributed by atoms with E-state index in [0.717, 1.165) is 11.2 Å². The molecule has 0 radical (unpaired) electrons. The molecule has 8 heteroatoms. The summed E-state index contributed by atoms with van der Waals surface area (Å²) >= 11 is 0. The Hall–Kier alpha value is -2.74. The van der Waals surface area contributed by atoms with Crippen LogP contribution in [0.2, 0.25) is 0 Å². The minimum Gasteiger partial charge on any atom is -0.480 e. The quantitative estimate of drug-likeness (QED) is 0.780. The largest absolute Gasteiger partial charge is 0.480 e. The molecule has 0 aliphatic carbocycles. The summed E-state index contributed by atoms with van der Waals surface area (Å²) in [5, 5.41) is 9.12. The van der Waals surface area contributed by atoms with Crippen LogP contribution in [-0.4, -0.2) is 43.1 Å². The number of carbonyl (C=O) groups excluding carboxylic acids is 1. The molecule has 2 aromatic carbocycles. The van der Waals surface area contributed by atoms with Crippen molar-refractivity contribution < 1.29 is 27.5 Å². The molecule has 6 nitrogen and oxygen atoms in total. The third-order valence-electron chi connectivity index (χ3n) is 3.99. The van der Waals surface area contributed by atoms with Gasteiger partial charge in [0, 0.05) is 18.4 Å². The number of carboxylic acids is 1. The van der Waals surface area contributed by atoms with Gasteiger partial charge in [0.15, 0.2) is 9.84 Å². The fourth-order valence-electron chi connectivity index (χ4n) is 2.68. The highest BCUT2D eigenvalue weighted by Gasteiger charge is 2.22. The fourth-order valence-corrected chi connectivity index (χ4v) is 3.71. The van der Waals surface area contributed by atoms with Crippen molar-refractivity contribution in [2.45, 2.75) is 24.8 Å². The van der Waals surface area contributed by atoms with E-state index in [0.29, 0.717) is 17.5 Å². The smallest absolute Gasteiger partial charge is 0.323 e. The molecule has 0 saturated carbocycles. The third kappa shape index (κ3) is 5.37. The Kier molecular flexibility index (Phi) is 6.32. The second kappa shape index (κ2) is 8.30. The molecule has 0 aliphatic rings. The maximum absolute atomic E-state index is 13.1. The number of hydrogen-bond donors (Lipinski definition) is 1. The van der Waals surface area contributed by atoms with Gasteiger partial charge in [0.05, 0.1) is 4.90 Å². The Morgan fingerprint density at radius 3 is 2.26 bits per heavy atom. The molecule has 1 N–H and O–H groups in total. The number of halogens is 1. The molecular weight excluding hydrogens is 373 g/mol. The number of aliphatic carboxylic acids is 1. The zero-order chi connectivity index (χ0) is 20.2. The normalized spacial score (nSPS) is 11.2. The van der Waals surface area contributed by atoms with E-state index in [1.807, 2.05) is 0 Å². The number of nitrogens with zero attached hydrogens (tertiary/aromatic N) is 1. The Morgan fingerprint density at radius 2 is 1.74 bits per heavy atom. The van der Waals surface area contributed by atoms with Crippen LogP contribution in [0.25, 0.3) is 0 Å². The predicted molar refractivity (Wildman–Crippen MR) is 97.7 cm³/mol. The molecule has 0 unspecified atom stereocenters. The minimum absolute atomic E-state index is 0.0465. The average molecular weight is 393 g/mol. The number of hydrogen-bond acceptors (Lipinski definition) is 4. The first-order valence-electron chi connectivity index (χ1n) is 8.20. The summed E-state index contributed by atoms with van der Waals surface area (Å²) in [6.07, 6.45) is 1.54. The molecule has 0 spiro atoms. The molecule has 1 amide bonds. The van der Waals surface area contributed by atoms with Crippen molar-refractivity contribution in [3.63, 3.8) is 0 Å². The van der Waals surface area contributed by atoms with Crippen LogP contribution in [0.15, 0.2) is 47.4 Å². The molecule has 0 bridgehead atoms. The van der Waals surface area contributed by atoms with Gasteiger partial charge in [-0.15, -0.1) is 0 Å². The molecule has 0 aromatic heterocycles. The second-order valence-corrected chi connectivity index (χ2v) is 8.11. The van der Waals surface area contributed by atoms with Gasteiger partial charge in [-0.2, -0.15) is 0 Å². The molecule has 27 heavy (non-hydrogen) atoms. The number of rotatable bonds is 7. The zero-order valence-corrected chi connectivity index (χ0v) is 15.8. The van der Waals surface area contributed by atoms with Crippen LogP contribution in [0.3, 0.4) is 0 Å². The number of carboxylic acid groups (broad SMARTS) is 1. The Morgan fingerprint density at radius 1 is 1.11 bits per heavy atom. The van der Waals surface area contributed by atoms with Gasteiger partial charge in [-0.3, -0.25) is 9.59 Å². The van der Waals surface area contributed by atoms with Gasteiger partial charge in [-0.25, -0.2) is 12.8 Å². The van der Waals surface area contributed by atoms with Crippen molar-refractivity contribution in [1.82, 2.24) is 4.90 Å². The lowest BCUT2D eigenvalue weighted by atomic mass is 10.1. The first-order valence-corrected chi connectivity index (χ1v) is 10.1. The molecule has 2 aromatic rings. The predicted octanol–water partition coefficient (Wildman–Crippen LogP) is 2.52. The number of benzene rings is 2. The number of carbonyl (C=O) groups is 2. The van der Waals surface area contributed by atoms with Crippen LogP contribution in [-0.2, 0) is 27.6 Å². The third-order valence-corrected chi connectivity index (χ3v) is 5.17. The van der Waals surface area contributed by atoms with Crippen LogP contribution in [0.5, 0.6) is 0 Å². The number of amides is 1. The number of sulfone groups is 1. The van der Waals surface area contributed by atoms with Crippen LogP contribution in [0, 0.1) is 5.82 Å². The monoisotopic (exact) mass is 393 g/mol. The minimum atomic E-state index is -3.54. The molecule has 0 heterocycles. The van der Waals surface area contributed by atoms with E-state index < -0.39 is 34.1 Å². The summed E-state index contributed by atoms with van der Waals surface area (Å²) in [6.45, 7) is 1.19. The highest BCUT2D eigenvalue weighted by Crippen LogP contribution is 2.20. The van der Waals surface area contributed by atoms with E-state index in [9.17, 15) is 22.4 Å². The molecule has 0 fully saturated rings. The summed E-state index contributed by atoms with van der Waals surface area (Å²) in [6, 6.07) is 9.66. The molecule has 0 aliphatic heterocycles. The van der Waals surface area contributed by atoms with E-state index in [-0.39, 0.29) is 17.0 Å². The summed E-state index contributed by atoms with van der Waals surface area (Å²) in [5.41, 5.74) is 1.22. The average Bonchev–Trinajstić information content (AvgIpc) is 2.60. The summed E-state index contributed by atoms with van der Waals surface area (Å²) in [4.78, 5) is 25.1. The van der Waals surface area contributed by atoms with Gasteiger partial charge in [0.2, 0.25) is 0 Å². The Bertz CT molecular complexity index is 955. The van der Waals surface area contributed by atoms with Crippen molar-refractivity contribution in [3.8, 4) is 0 Å². The van der Waals surface area contributed by atoms with Crippen molar-refractivity contribution in [1.29, 1.82) is 0 Å². The Balaban J connectivity index is 2.40. The highest BCUT2D eigenvalue weighted by molar-refractivity contribution is 7.90. The molecule has 2 rings (SSSR count). The first kappa shape index (κ1) is 20.6. The maximum Gasteiger partial charge on any atom is 0.323 e. The van der Waals surface area contributed by atoms with Crippen molar-refractivity contribution >= 4 is 21.7 Å². The lowest BCUT2D eigenvalue weighted by Gasteiger charge is -2.21. The van der Waals surface area contributed by atoms with Crippen LogP contribution in [0.4, 0.5) is 4.39 Å². The zero-order valence-electron chi connectivity index (χ0n) is 15.0. The van der Waals surface area contributed by atoms with Crippen molar-refractivity contribution in [2.75, 3.05) is 12.8 Å². The van der Waals surface area contributed by atoms with Gasteiger partial charge in [0.25, 0.3) is 5.91 Å². The molecule has 0 saturated heterocycles. The van der Waals surface area contributed by atoms with E-state index in [1.54, 1.807) is 13.0 Å². The maximum atomic E-state index is 13.1. The van der Waals surface area contributed by atoms with E-state index in [4.69, 9.17) is 5.11 Å². The van der Waals surface area contributed by atoms with Gasteiger partial charge < -0.3 is 10.0 Å². The lowest BCUT2D eigenvalue weighted by Crippen LogP contribution is -2.35. The lowest BCUT2D eigenvalue weighted by molar-refractivity contribution is -0.137. The SMILES string of the molecule is CCc1ccc(C(=O)N(CC(=O)O)Cc2ccc(F)cc2)cc1S(C)(=O)=O. The van der Waals surface area contributed by atoms with Gasteiger partial charge in [0.1, 0.15) is 12.4 Å². The van der Waals surface area contributed by atoms with Crippen LogP contribution in [0.1, 0.15) is 28.4 Å². The Labute approximate surface area is 157 Å². The van der Waals surface area contributed by atoms with E-state index in [1.165, 1.54) is 36.4 Å². The van der Waals surface area contributed by atoms with Crippen LogP contribution >= 0.6 is 0 Å². The van der Waals surface area contributed by atoms with E-state index >= 15 is 0 Å². The first-order chi connectivity index (χ1) is 12.6. The fraction of sp³-hybridized carbons (Fsp3) is 0.263. The van der Waals surface area contributed by atoms with Crippen molar-refractivity contribution in [2.24, 2.45) is 0 Å². The van der Waals surface area contributed by atoms with Gasteiger partial charge in [-0.1, -0.05) is 25.1 Å². The standard InChI is InChI=1S/C19H20FNO5S/c1-3-14-6-7-15(10-17(14)27(2,25)26)19(24)21(12-18(22)23)11-13-4-8-16(20)9-5-13/h4-10H,3,11-12H2,1-2H3,(H,22,23). The van der Waals surface area contributed by atoms with Crippen molar-refractivity contribution in [3.05, 3.63) is 65.0 Å². The van der Waals surface area contributed by atoms with Gasteiger partial charge >= 0.3 is 5.97 Å². The highest BCUT2D eigenvalue weighted by atomic mass is 32.2. The topological polar surface area (TPSA) is 91.8 Å². The van der Waals surface area contributed by atoms with Gasteiger partial charge in [-0.05, 0) is 41.8 Å². The number of aryl methyl sites for hydroxylation is 1. The summed E-state index contributed by atoms with van der Waals surface area (Å²) in [7, 11) is -3.54. The van der Waals surface area contributed by atoms with Crippen LogP contribution < -0.4 is 0 Å². The summed E-state index contributed by atoms with van der Waals surface area (Å²) in [5.74, 6) is -2.27.